The Balaban J connectivity index is 1.62. The fourth-order valence-corrected chi connectivity index (χ4v) is 5.15. The summed E-state index contributed by atoms with van der Waals surface area (Å²) in [7, 11) is -0.803. The third-order valence-corrected chi connectivity index (χ3v) is 7.74. The summed E-state index contributed by atoms with van der Waals surface area (Å²) in [6.45, 7) is 1.87. The molecular weight excluding hydrogens is 575 g/mol. The minimum Gasteiger partial charge on any atom is -0.493 e. The van der Waals surface area contributed by atoms with E-state index in [0.717, 1.165) is 5.56 Å². The Kier molecular flexibility index (Phi) is 8.99. The third-order valence-electron chi connectivity index (χ3n) is 5.74. The van der Waals surface area contributed by atoms with Gasteiger partial charge in [-0.25, -0.2) is 13.2 Å². The number of aryl methyl sites for hydroxylation is 1. The van der Waals surface area contributed by atoms with Crippen LogP contribution in [0.1, 0.15) is 27.0 Å². The van der Waals surface area contributed by atoms with E-state index in [-0.39, 0.29) is 32.0 Å². The minimum absolute atomic E-state index is 0.125. The summed E-state index contributed by atoms with van der Waals surface area (Å²) >= 11 is 12.6. The van der Waals surface area contributed by atoms with Gasteiger partial charge < -0.3 is 14.2 Å². The molecule has 3 aromatic carbocycles. The fraction of sp³-hybridized carbons (Fsp3) is 0.103. The molecule has 0 aliphatic carbocycles. The molecule has 0 saturated carbocycles. The van der Waals surface area contributed by atoms with Gasteiger partial charge in [0, 0.05) is 29.2 Å². The van der Waals surface area contributed by atoms with E-state index in [1.54, 1.807) is 30.3 Å². The molecule has 4 aromatic rings. The summed E-state index contributed by atoms with van der Waals surface area (Å²) < 4.78 is 44.4. The third kappa shape index (κ3) is 6.74. The van der Waals surface area contributed by atoms with Crippen LogP contribution in [-0.4, -0.2) is 33.6 Å². The molecule has 4 rings (SSSR count). The van der Waals surface area contributed by atoms with E-state index in [1.165, 1.54) is 69.1 Å². The lowest BCUT2D eigenvalue weighted by Gasteiger charge is -2.14. The molecule has 0 saturated heterocycles. The van der Waals surface area contributed by atoms with Crippen LogP contribution in [0.25, 0.3) is 11.8 Å². The Hall–Kier alpha value is -4.05. The van der Waals surface area contributed by atoms with Gasteiger partial charge in [-0.05, 0) is 67.6 Å². The molecule has 11 heteroatoms. The molecule has 0 aliphatic heterocycles. The van der Waals surface area contributed by atoms with Crippen LogP contribution >= 0.6 is 23.2 Å². The number of methoxy groups -OCH3 is 2. The molecule has 0 unspecified atom stereocenters. The van der Waals surface area contributed by atoms with Crippen molar-refractivity contribution in [3.8, 4) is 11.5 Å². The van der Waals surface area contributed by atoms with E-state index in [4.69, 9.17) is 37.4 Å². The molecule has 0 amide bonds. The van der Waals surface area contributed by atoms with Gasteiger partial charge in [-0.1, -0.05) is 40.9 Å². The Morgan fingerprint density at radius 1 is 0.850 bits per heavy atom. The maximum Gasteiger partial charge on any atom is 0.343 e. The van der Waals surface area contributed by atoms with E-state index in [2.05, 4.69) is 9.71 Å². The molecule has 1 N–H and O–H groups in total. The summed E-state index contributed by atoms with van der Waals surface area (Å²) in [4.78, 5) is 17.3. The number of nitrogens with one attached hydrogen (secondary N) is 1. The summed E-state index contributed by atoms with van der Waals surface area (Å²) in [5.74, 6) is 0.333. The van der Waals surface area contributed by atoms with Crippen LogP contribution in [0.2, 0.25) is 10.0 Å². The number of sulfonamides is 1. The molecule has 0 atom stereocenters. The quantitative estimate of drug-likeness (QED) is 0.165. The summed E-state index contributed by atoms with van der Waals surface area (Å²) in [5.41, 5.74) is 2.28. The molecule has 40 heavy (non-hydrogen) atoms. The van der Waals surface area contributed by atoms with Gasteiger partial charge in [-0.15, -0.1) is 0 Å². The van der Waals surface area contributed by atoms with Crippen LogP contribution in [-0.2, 0) is 14.8 Å². The van der Waals surface area contributed by atoms with Crippen LogP contribution in [0.3, 0.4) is 0 Å². The highest BCUT2D eigenvalue weighted by molar-refractivity contribution is 7.92. The lowest BCUT2D eigenvalue weighted by Crippen LogP contribution is -2.13. The van der Waals surface area contributed by atoms with Crippen molar-refractivity contribution in [1.29, 1.82) is 0 Å². The van der Waals surface area contributed by atoms with Crippen LogP contribution in [0.5, 0.6) is 11.5 Å². The molecular formula is C29H24Cl2N2O6S. The number of carbonyl (C=O) groups excluding carboxylic acids is 1. The lowest BCUT2D eigenvalue weighted by molar-refractivity contribution is 0.0693. The zero-order valence-electron chi connectivity index (χ0n) is 21.6. The molecule has 0 bridgehead atoms. The van der Waals surface area contributed by atoms with Crippen molar-refractivity contribution in [2.24, 2.45) is 0 Å². The van der Waals surface area contributed by atoms with Crippen molar-refractivity contribution in [2.45, 2.75) is 11.8 Å². The second-order valence-electron chi connectivity index (χ2n) is 8.48. The fourth-order valence-electron chi connectivity index (χ4n) is 3.62. The number of hydrogen-bond acceptors (Lipinski definition) is 7. The number of anilines is 1. The average molecular weight is 599 g/mol. The van der Waals surface area contributed by atoms with Crippen molar-refractivity contribution in [1.82, 2.24) is 4.98 Å². The highest BCUT2D eigenvalue weighted by atomic mass is 35.5. The standard InChI is InChI=1S/C29H24Cl2N2O6S/c1-18-4-11-22(12-5-18)40(35,36)33-21-9-6-19(7-10-21)29(34)39-27(15-23-24(30)16-32-17-25(23)31)20-8-13-26(37-2)28(14-20)38-3/h4-17,33H,1-3H3. The number of pyridine rings is 1. The summed E-state index contributed by atoms with van der Waals surface area (Å²) in [6, 6.07) is 17.3. The normalized spacial score (nSPS) is 11.6. The second-order valence-corrected chi connectivity index (χ2v) is 11.0. The van der Waals surface area contributed by atoms with Crippen LogP contribution < -0.4 is 14.2 Å². The Morgan fingerprint density at radius 2 is 1.45 bits per heavy atom. The number of aromatic nitrogens is 1. The number of halogens is 2. The molecule has 0 radical (unpaired) electrons. The Bertz CT molecular complexity index is 1650. The molecule has 206 valence electrons. The van der Waals surface area contributed by atoms with E-state index < -0.39 is 16.0 Å². The second kappa shape index (κ2) is 12.4. The molecule has 0 aliphatic rings. The van der Waals surface area contributed by atoms with E-state index in [1.807, 2.05) is 6.92 Å². The Labute approximate surface area is 242 Å². The van der Waals surface area contributed by atoms with Gasteiger partial charge >= 0.3 is 5.97 Å². The van der Waals surface area contributed by atoms with Crippen molar-refractivity contribution >= 4 is 56.7 Å². The van der Waals surface area contributed by atoms with Gasteiger partial charge in [-0.2, -0.15) is 0 Å². The number of carbonyl (C=O) groups is 1. The summed E-state index contributed by atoms with van der Waals surface area (Å²) in [5, 5.41) is 0.512. The van der Waals surface area contributed by atoms with E-state index >= 15 is 0 Å². The largest absolute Gasteiger partial charge is 0.493 e. The molecule has 0 fully saturated rings. The number of esters is 1. The van der Waals surface area contributed by atoms with Crippen molar-refractivity contribution in [3.63, 3.8) is 0 Å². The predicted octanol–water partition coefficient (Wildman–Crippen LogP) is 6.87. The van der Waals surface area contributed by atoms with Crippen LogP contribution in [0.15, 0.2) is 84.0 Å². The molecule has 1 aromatic heterocycles. The van der Waals surface area contributed by atoms with Crippen molar-refractivity contribution < 1.29 is 27.4 Å². The van der Waals surface area contributed by atoms with Crippen molar-refractivity contribution in [2.75, 3.05) is 18.9 Å². The Morgan fingerprint density at radius 3 is 2.05 bits per heavy atom. The number of ether oxygens (including phenoxy) is 3. The van der Waals surface area contributed by atoms with Gasteiger partial charge in [0.1, 0.15) is 5.76 Å². The van der Waals surface area contributed by atoms with E-state index in [9.17, 15) is 13.2 Å². The highest BCUT2D eigenvalue weighted by Gasteiger charge is 2.18. The highest BCUT2D eigenvalue weighted by Crippen LogP contribution is 2.34. The van der Waals surface area contributed by atoms with Crippen LogP contribution in [0, 0.1) is 6.92 Å². The van der Waals surface area contributed by atoms with E-state index in [0.29, 0.717) is 22.6 Å². The van der Waals surface area contributed by atoms with Crippen molar-refractivity contribution in [3.05, 3.63) is 111 Å². The average Bonchev–Trinajstić information content (AvgIpc) is 2.94. The van der Waals surface area contributed by atoms with Gasteiger partial charge in [-0.3, -0.25) is 9.71 Å². The molecule has 1 heterocycles. The van der Waals surface area contributed by atoms with Gasteiger partial charge in [0.2, 0.25) is 0 Å². The summed E-state index contributed by atoms with van der Waals surface area (Å²) in [6.07, 6.45) is 4.36. The lowest BCUT2D eigenvalue weighted by atomic mass is 10.1. The number of benzene rings is 3. The van der Waals surface area contributed by atoms with Gasteiger partial charge in [0.15, 0.2) is 11.5 Å². The smallest absolute Gasteiger partial charge is 0.343 e. The van der Waals surface area contributed by atoms with Crippen LogP contribution in [0.4, 0.5) is 5.69 Å². The molecule has 8 nitrogen and oxygen atoms in total. The first-order valence-electron chi connectivity index (χ1n) is 11.8. The first-order chi connectivity index (χ1) is 19.1. The zero-order valence-corrected chi connectivity index (χ0v) is 24.0. The first-order valence-corrected chi connectivity index (χ1v) is 14.0. The molecule has 0 spiro atoms. The van der Waals surface area contributed by atoms with Gasteiger partial charge in [0.25, 0.3) is 10.0 Å². The topological polar surface area (TPSA) is 104 Å². The number of nitrogens with zero attached hydrogens (tertiary/aromatic N) is 1. The SMILES string of the molecule is COc1ccc(C(=Cc2c(Cl)cncc2Cl)OC(=O)c2ccc(NS(=O)(=O)c3ccc(C)cc3)cc2)cc1OC. The first kappa shape index (κ1) is 28.9. The van der Waals surface area contributed by atoms with Gasteiger partial charge in [0.05, 0.1) is 34.7 Å². The maximum absolute atomic E-state index is 13.2. The number of rotatable bonds is 9. The predicted molar refractivity (Wildman–Crippen MR) is 156 cm³/mol. The minimum atomic E-state index is -3.80. The zero-order chi connectivity index (χ0) is 28.9. The monoisotopic (exact) mass is 598 g/mol. The maximum atomic E-state index is 13.2. The number of hydrogen-bond donors (Lipinski definition) is 1.